The van der Waals surface area contributed by atoms with Crippen molar-refractivity contribution in [1.29, 1.82) is 0 Å². The van der Waals surface area contributed by atoms with Gasteiger partial charge in [0, 0.05) is 30.8 Å². The molecule has 1 saturated heterocycles. The summed E-state index contributed by atoms with van der Waals surface area (Å²) in [5, 5.41) is 10.6. The summed E-state index contributed by atoms with van der Waals surface area (Å²) in [5.74, 6) is -4.92. The number of ether oxygens (including phenoxy) is 1. The van der Waals surface area contributed by atoms with Crippen LogP contribution in [0.5, 0.6) is 0 Å². The Labute approximate surface area is 175 Å². The number of halogens is 3. The van der Waals surface area contributed by atoms with Gasteiger partial charge < -0.3 is 20.1 Å². The molecule has 1 aliphatic heterocycles. The smallest absolute Gasteiger partial charge is 0.407 e. The number of carbonyl (C=O) groups excluding carboxylic acids is 2. The summed E-state index contributed by atoms with van der Waals surface area (Å²) in [7, 11) is 0. The summed E-state index contributed by atoms with van der Waals surface area (Å²) in [6, 6.07) is 0.0459. The highest BCUT2D eigenvalue weighted by molar-refractivity contribution is 8.00. The molecule has 0 aliphatic carbocycles. The summed E-state index contributed by atoms with van der Waals surface area (Å²) >= 11 is 1.09. The van der Waals surface area contributed by atoms with Crippen LogP contribution in [0.4, 0.5) is 18.0 Å². The molecule has 0 bridgehead atoms. The molecular formula is C19H23F3N2O5S. The van der Waals surface area contributed by atoms with Crippen molar-refractivity contribution in [3.8, 4) is 0 Å². The van der Waals surface area contributed by atoms with Crippen LogP contribution in [0.2, 0.25) is 0 Å². The molecule has 2 rings (SSSR count). The van der Waals surface area contributed by atoms with Gasteiger partial charge in [0.15, 0.2) is 17.0 Å². The molecule has 2 N–H and O–H groups in total. The third-order valence-electron chi connectivity index (χ3n) is 4.45. The molecule has 30 heavy (non-hydrogen) atoms. The zero-order valence-corrected chi connectivity index (χ0v) is 17.1. The fourth-order valence-corrected chi connectivity index (χ4v) is 4.01. The van der Waals surface area contributed by atoms with Crippen LogP contribution in [0, 0.1) is 17.5 Å². The predicted molar refractivity (Wildman–Crippen MR) is 103 cm³/mol. The third kappa shape index (κ3) is 6.54. The van der Waals surface area contributed by atoms with Crippen molar-refractivity contribution < 1.29 is 37.4 Å². The summed E-state index contributed by atoms with van der Waals surface area (Å²) in [5.41, 5.74) is -0.230. The summed E-state index contributed by atoms with van der Waals surface area (Å²) in [4.78, 5) is 37.1. The fourth-order valence-electron chi connectivity index (χ4n) is 2.94. The van der Waals surface area contributed by atoms with E-state index >= 15 is 0 Å². The van der Waals surface area contributed by atoms with Gasteiger partial charge in [0.05, 0.1) is 6.61 Å². The number of aliphatic carboxylic acids is 1. The van der Waals surface area contributed by atoms with Crippen LogP contribution in [0.3, 0.4) is 0 Å². The highest BCUT2D eigenvalue weighted by Crippen LogP contribution is 2.25. The molecule has 0 radical (unpaired) electrons. The molecule has 1 fully saturated rings. The highest BCUT2D eigenvalue weighted by atomic mass is 32.2. The minimum Gasteiger partial charge on any atom is -0.479 e. The molecule has 166 valence electrons. The largest absolute Gasteiger partial charge is 0.479 e. The third-order valence-corrected chi connectivity index (χ3v) is 5.64. The van der Waals surface area contributed by atoms with E-state index in [1.807, 2.05) is 6.92 Å². The lowest BCUT2D eigenvalue weighted by Gasteiger charge is -2.24. The number of carboxylic acids is 1. The molecule has 0 spiro atoms. The number of hydrogen-bond donors (Lipinski definition) is 2. The number of nitrogens with zero attached hydrogens (tertiary/aromatic N) is 1. The van der Waals surface area contributed by atoms with Crippen molar-refractivity contribution in [3.05, 3.63) is 35.1 Å². The maximum absolute atomic E-state index is 14.1. The number of thioether (sulfide) groups is 1. The Morgan fingerprint density at radius 1 is 1.27 bits per heavy atom. The Morgan fingerprint density at radius 3 is 2.63 bits per heavy atom. The van der Waals surface area contributed by atoms with Crippen molar-refractivity contribution in [3.63, 3.8) is 0 Å². The van der Waals surface area contributed by atoms with Crippen LogP contribution in [-0.2, 0) is 20.7 Å². The van der Waals surface area contributed by atoms with Gasteiger partial charge in [-0.2, -0.15) is 0 Å². The standard InChI is InChI=1S/C19H23F3N2O5S/c1-2-3-5-29-19(28)23-12(7-11-8-14(21)15(22)10-13(11)20)9-16(25)24-4-6-30-17(24)18(26)27/h8,10,12,17H,2-7,9H2,1H3,(H,23,28)(H,26,27)/t12-,17?/m1/s1. The second kappa shape index (κ2) is 11.1. The highest BCUT2D eigenvalue weighted by Gasteiger charge is 2.35. The van der Waals surface area contributed by atoms with E-state index in [1.54, 1.807) is 0 Å². The van der Waals surface area contributed by atoms with Crippen LogP contribution in [-0.4, -0.2) is 58.3 Å². The number of alkyl carbamates (subject to hydrolysis) is 1. The lowest BCUT2D eigenvalue weighted by atomic mass is 10.0. The second-order valence-electron chi connectivity index (χ2n) is 6.75. The second-order valence-corrected chi connectivity index (χ2v) is 7.93. The Bertz CT molecular complexity index is 796. The van der Waals surface area contributed by atoms with Crippen molar-refractivity contribution in [2.45, 2.75) is 44.0 Å². The van der Waals surface area contributed by atoms with Crippen LogP contribution in [0.1, 0.15) is 31.7 Å². The maximum atomic E-state index is 14.1. The molecule has 7 nitrogen and oxygen atoms in total. The number of nitrogens with one attached hydrogen (secondary N) is 1. The molecular weight excluding hydrogens is 425 g/mol. The van der Waals surface area contributed by atoms with Gasteiger partial charge >= 0.3 is 12.1 Å². The number of carboxylic acid groups (broad SMARTS) is 1. The monoisotopic (exact) mass is 448 g/mol. The SMILES string of the molecule is CCCCOC(=O)N[C@@H](CC(=O)N1CCSC1C(=O)O)Cc1cc(F)c(F)cc1F. The van der Waals surface area contributed by atoms with Gasteiger partial charge in [-0.05, 0) is 24.5 Å². The van der Waals surface area contributed by atoms with Crippen molar-refractivity contribution in [1.82, 2.24) is 10.2 Å². The molecule has 1 heterocycles. The van der Waals surface area contributed by atoms with Crippen LogP contribution >= 0.6 is 11.8 Å². The number of unbranched alkanes of at least 4 members (excludes halogenated alkanes) is 1. The minimum atomic E-state index is -1.35. The molecule has 2 amide bonds. The quantitative estimate of drug-likeness (QED) is 0.446. The van der Waals surface area contributed by atoms with E-state index in [1.165, 1.54) is 0 Å². The summed E-state index contributed by atoms with van der Waals surface area (Å²) in [6.45, 7) is 2.27. The Hall–Kier alpha value is -2.43. The van der Waals surface area contributed by atoms with E-state index in [0.717, 1.165) is 23.1 Å². The average Bonchev–Trinajstić information content (AvgIpc) is 3.16. The Balaban J connectivity index is 2.14. The van der Waals surface area contributed by atoms with Gasteiger partial charge in [-0.1, -0.05) is 13.3 Å². The number of carbonyl (C=O) groups is 3. The molecule has 1 unspecified atom stereocenters. The van der Waals surface area contributed by atoms with Crippen LogP contribution in [0.25, 0.3) is 0 Å². The summed E-state index contributed by atoms with van der Waals surface area (Å²) in [6.07, 6.45) is -0.0875. The Kier molecular flexibility index (Phi) is 8.82. The molecule has 2 atom stereocenters. The van der Waals surface area contributed by atoms with E-state index in [0.29, 0.717) is 24.3 Å². The lowest BCUT2D eigenvalue weighted by Crippen LogP contribution is -2.45. The van der Waals surface area contributed by atoms with E-state index in [2.05, 4.69) is 5.32 Å². The number of hydrogen-bond acceptors (Lipinski definition) is 5. The molecule has 1 aliphatic rings. The van der Waals surface area contributed by atoms with E-state index < -0.39 is 46.8 Å². The van der Waals surface area contributed by atoms with Gasteiger partial charge in [0.1, 0.15) is 5.82 Å². The van der Waals surface area contributed by atoms with Crippen molar-refractivity contribution >= 4 is 29.7 Å². The molecule has 0 saturated carbocycles. The molecule has 0 aromatic heterocycles. The molecule has 1 aromatic rings. The first-order valence-electron chi connectivity index (χ1n) is 9.43. The Morgan fingerprint density at radius 2 is 1.97 bits per heavy atom. The number of benzene rings is 1. The predicted octanol–water partition coefficient (Wildman–Crippen LogP) is 2.92. The van der Waals surface area contributed by atoms with Gasteiger partial charge in [0.25, 0.3) is 0 Å². The first-order chi connectivity index (χ1) is 14.2. The zero-order chi connectivity index (χ0) is 22.3. The molecule has 1 aromatic carbocycles. The van der Waals surface area contributed by atoms with Gasteiger partial charge in [0.2, 0.25) is 5.91 Å². The minimum absolute atomic E-state index is 0.145. The first kappa shape index (κ1) is 23.8. The normalized spacial score (nSPS) is 16.9. The van der Waals surface area contributed by atoms with E-state index in [4.69, 9.17) is 4.74 Å². The van der Waals surface area contributed by atoms with E-state index in [-0.39, 0.29) is 31.6 Å². The fraction of sp³-hybridized carbons (Fsp3) is 0.526. The van der Waals surface area contributed by atoms with Gasteiger partial charge in [-0.15, -0.1) is 11.8 Å². The zero-order valence-electron chi connectivity index (χ0n) is 16.3. The first-order valence-corrected chi connectivity index (χ1v) is 10.5. The lowest BCUT2D eigenvalue weighted by molar-refractivity contribution is -0.145. The van der Waals surface area contributed by atoms with Gasteiger partial charge in [-0.25, -0.2) is 22.8 Å². The molecule has 11 heteroatoms. The van der Waals surface area contributed by atoms with Gasteiger partial charge in [-0.3, -0.25) is 4.79 Å². The average molecular weight is 448 g/mol. The maximum Gasteiger partial charge on any atom is 0.407 e. The number of rotatable bonds is 9. The van der Waals surface area contributed by atoms with E-state index in [9.17, 15) is 32.7 Å². The number of amides is 2. The topological polar surface area (TPSA) is 95.9 Å². The van der Waals surface area contributed by atoms with Crippen molar-refractivity contribution in [2.75, 3.05) is 18.9 Å². The van der Waals surface area contributed by atoms with Crippen molar-refractivity contribution in [2.24, 2.45) is 0 Å². The van der Waals surface area contributed by atoms with Crippen LogP contribution < -0.4 is 5.32 Å². The van der Waals surface area contributed by atoms with Crippen LogP contribution in [0.15, 0.2) is 12.1 Å². The summed E-state index contributed by atoms with van der Waals surface area (Å²) < 4.78 is 45.8.